The summed E-state index contributed by atoms with van der Waals surface area (Å²) in [4.78, 5) is 11.7. The van der Waals surface area contributed by atoms with Crippen molar-refractivity contribution in [3.63, 3.8) is 0 Å². The zero-order chi connectivity index (χ0) is 13.2. The van der Waals surface area contributed by atoms with Gasteiger partial charge in [-0.15, -0.1) is 0 Å². The molecule has 3 aromatic heterocycles. The zero-order valence-electron chi connectivity index (χ0n) is 11.2. The Labute approximate surface area is 111 Å². The van der Waals surface area contributed by atoms with Crippen molar-refractivity contribution in [1.82, 2.24) is 24.7 Å². The highest BCUT2D eigenvalue weighted by Crippen LogP contribution is 2.24. The molecule has 0 atom stereocenters. The molecule has 0 radical (unpaired) electrons. The van der Waals surface area contributed by atoms with Crippen LogP contribution in [-0.4, -0.2) is 24.7 Å². The molecule has 3 heterocycles. The fourth-order valence-corrected chi connectivity index (χ4v) is 2.10. The predicted octanol–water partition coefficient (Wildman–Crippen LogP) is 2.87. The average Bonchev–Trinajstić information content (AvgIpc) is 3.04. The number of hydrogen-bond donors (Lipinski definition) is 1. The lowest BCUT2D eigenvalue weighted by atomic mass is 10.1. The van der Waals surface area contributed by atoms with Gasteiger partial charge in [0.15, 0.2) is 0 Å². The van der Waals surface area contributed by atoms with Crippen molar-refractivity contribution < 1.29 is 0 Å². The van der Waals surface area contributed by atoms with Gasteiger partial charge in [-0.3, -0.25) is 4.68 Å². The molecule has 0 unspecified atom stereocenters. The van der Waals surface area contributed by atoms with Crippen molar-refractivity contribution in [2.45, 2.75) is 26.8 Å². The Morgan fingerprint density at radius 3 is 3.05 bits per heavy atom. The lowest BCUT2D eigenvalue weighted by Gasteiger charge is -2.03. The first-order valence-corrected chi connectivity index (χ1v) is 6.55. The van der Waals surface area contributed by atoms with Gasteiger partial charge in [0.1, 0.15) is 12.0 Å². The highest BCUT2D eigenvalue weighted by Gasteiger charge is 2.09. The van der Waals surface area contributed by atoms with E-state index < -0.39 is 0 Å². The summed E-state index contributed by atoms with van der Waals surface area (Å²) in [5, 5.41) is 5.44. The van der Waals surface area contributed by atoms with E-state index >= 15 is 0 Å². The van der Waals surface area contributed by atoms with Crippen LogP contribution in [0, 0.1) is 5.92 Å². The normalized spacial score (nSPS) is 11.5. The molecule has 3 aromatic rings. The molecule has 19 heavy (non-hydrogen) atoms. The van der Waals surface area contributed by atoms with Crippen LogP contribution in [-0.2, 0) is 6.54 Å². The van der Waals surface area contributed by atoms with Crippen molar-refractivity contribution in [3.8, 4) is 11.3 Å². The van der Waals surface area contributed by atoms with E-state index in [1.165, 1.54) is 0 Å². The molecule has 0 aliphatic carbocycles. The molecule has 5 heteroatoms. The number of rotatable bonds is 4. The van der Waals surface area contributed by atoms with Gasteiger partial charge in [-0.1, -0.05) is 13.8 Å². The van der Waals surface area contributed by atoms with Crippen LogP contribution >= 0.6 is 0 Å². The smallest absolute Gasteiger partial charge is 0.141 e. The highest BCUT2D eigenvalue weighted by atomic mass is 15.3. The molecule has 1 N–H and O–H groups in total. The molecular weight excluding hydrogens is 238 g/mol. The second kappa shape index (κ2) is 4.84. The second-order valence-corrected chi connectivity index (χ2v) is 5.14. The third-order valence-corrected chi connectivity index (χ3v) is 3.20. The molecule has 0 aliphatic heterocycles. The summed E-state index contributed by atoms with van der Waals surface area (Å²) >= 11 is 0. The molecule has 0 saturated carbocycles. The standard InChI is InChI=1S/C14H17N5/c1-10(2)4-6-19-8-11(7-18-19)13-12-3-5-15-14(12)17-9-16-13/h3,5,7-10H,4,6H2,1-2H3,(H,15,16,17). The van der Waals surface area contributed by atoms with Crippen LogP contribution in [0.3, 0.4) is 0 Å². The van der Waals surface area contributed by atoms with E-state index in [9.17, 15) is 0 Å². The van der Waals surface area contributed by atoms with Gasteiger partial charge in [-0.05, 0) is 18.4 Å². The number of aromatic nitrogens is 5. The molecule has 98 valence electrons. The molecule has 0 saturated heterocycles. The third kappa shape index (κ3) is 2.36. The van der Waals surface area contributed by atoms with E-state index in [2.05, 4.69) is 40.1 Å². The molecule has 0 amide bonds. The van der Waals surface area contributed by atoms with Crippen LogP contribution in [0.1, 0.15) is 20.3 Å². The van der Waals surface area contributed by atoms with Crippen LogP contribution in [0.25, 0.3) is 22.3 Å². The molecule has 3 rings (SSSR count). The summed E-state index contributed by atoms with van der Waals surface area (Å²) < 4.78 is 1.98. The SMILES string of the molecule is CC(C)CCn1cc(-c2ncnc3[nH]ccc23)cn1. The van der Waals surface area contributed by atoms with Crippen molar-refractivity contribution in [1.29, 1.82) is 0 Å². The maximum atomic E-state index is 4.40. The fraction of sp³-hybridized carbons (Fsp3) is 0.357. The number of nitrogens with zero attached hydrogens (tertiary/aromatic N) is 4. The first kappa shape index (κ1) is 11.9. The Kier molecular flexibility index (Phi) is 3.03. The van der Waals surface area contributed by atoms with E-state index in [-0.39, 0.29) is 0 Å². The van der Waals surface area contributed by atoms with Gasteiger partial charge >= 0.3 is 0 Å². The predicted molar refractivity (Wildman–Crippen MR) is 74.6 cm³/mol. The Bertz CT molecular complexity index is 680. The van der Waals surface area contributed by atoms with E-state index in [4.69, 9.17) is 0 Å². The van der Waals surface area contributed by atoms with Gasteiger partial charge in [0, 0.05) is 29.9 Å². The fourth-order valence-electron chi connectivity index (χ4n) is 2.10. The average molecular weight is 255 g/mol. The van der Waals surface area contributed by atoms with Crippen LogP contribution in [0.5, 0.6) is 0 Å². The minimum absolute atomic E-state index is 0.683. The van der Waals surface area contributed by atoms with Gasteiger partial charge in [0.2, 0.25) is 0 Å². The van der Waals surface area contributed by atoms with E-state index in [0.29, 0.717) is 5.92 Å². The number of aryl methyl sites for hydroxylation is 1. The van der Waals surface area contributed by atoms with E-state index in [0.717, 1.165) is 35.3 Å². The molecule has 0 bridgehead atoms. The van der Waals surface area contributed by atoms with Gasteiger partial charge in [0.25, 0.3) is 0 Å². The summed E-state index contributed by atoms with van der Waals surface area (Å²) in [7, 11) is 0. The monoisotopic (exact) mass is 255 g/mol. The van der Waals surface area contributed by atoms with Crippen molar-refractivity contribution in [2.75, 3.05) is 0 Å². The van der Waals surface area contributed by atoms with E-state index in [1.807, 2.05) is 23.1 Å². The molecular formula is C14H17N5. The molecule has 0 aromatic carbocycles. The molecule has 5 nitrogen and oxygen atoms in total. The quantitative estimate of drug-likeness (QED) is 0.779. The Morgan fingerprint density at radius 1 is 1.32 bits per heavy atom. The number of nitrogens with one attached hydrogen (secondary N) is 1. The minimum Gasteiger partial charge on any atom is -0.346 e. The molecule has 0 spiro atoms. The van der Waals surface area contributed by atoms with Crippen molar-refractivity contribution in [2.24, 2.45) is 5.92 Å². The lowest BCUT2D eigenvalue weighted by Crippen LogP contribution is -2.01. The summed E-state index contributed by atoms with van der Waals surface area (Å²) in [6.07, 6.45) is 8.52. The highest BCUT2D eigenvalue weighted by molar-refractivity contribution is 5.89. The van der Waals surface area contributed by atoms with Crippen LogP contribution in [0.2, 0.25) is 0 Å². The largest absolute Gasteiger partial charge is 0.346 e. The Balaban J connectivity index is 1.92. The third-order valence-electron chi connectivity index (χ3n) is 3.20. The van der Waals surface area contributed by atoms with Crippen LogP contribution in [0.15, 0.2) is 31.0 Å². The maximum absolute atomic E-state index is 4.40. The van der Waals surface area contributed by atoms with Gasteiger partial charge in [-0.25, -0.2) is 9.97 Å². The first-order valence-electron chi connectivity index (χ1n) is 6.55. The van der Waals surface area contributed by atoms with Crippen molar-refractivity contribution in [3.05, 3.63) is 31.0 Å². The molecule has 0 fully saturated rings. The van der Waals surface area contributed by atoms with Gasteiger partial charge < -0.3 is 4.98 Å². The summed E-state index contributed by atoms with van der Waals surface area (Å²) in [5.74, 6) is 0.683. The number of hydrogen-bond acceptors (Lipinski definition) is 3. The first-order chi connectivity index (χ1) is 9.24. The summed E-state index contributed by atoms with van der Waals surface area (Å²) in [5.41, 5.74) is 2.83. The minimum atomic E-state index is 0.683. The Hall–Kier alpha value is -2.17. The lowest BCUT2D eigenvalue weighted by molar-refractivity contribution is 0.487. The zero-order valence-corrected chi connectivity index (χ0v) is 11.2. The summed E-state index contributed by atoms with van der Waals surface area (Å²) in [6, 6.07) is 2.00. The van der Waals surface area contributed by atoms with Crippen molar-refractivity contribution >= 4 is 11.0 Å². The van der Waals surface area contributed by atoms with Crippen LogP contribution in [0.4, 0.5) is 0 Å². The summed E-state index contributed by atoms with van der Waals surface area (Å²) in [6.45, 7) is 5.38. The number of fused-ring (bicyclic) bond motifs is 1. The Morgan fingerprint density at radius 2 is 2.21 bits per heavy atom. The molecule has 0 aliphatic rings. The number of H-pyrrole nitrogens is 1. The van der Waals surface area contributed by atoms with Gasteiger partial charge in [-0.2, -0.15) is 5.10 Å². The second-order valence-electron chi connectivity index (χ2n) is 5.14. The topological polar surface area (TPSA) is 59.4 Å². The van der Waals surface area contributed by atoms with E-state index in [1.54, 1.807) is 6.33 Å². The maximum Gasteiger partial charge on any atom is 0.141 e. The van der Waals surface area contributed by atoms with Crippen LogP contribution < -0.4 is 0 Å². The number of aromatic amines is 1. The van der Waals surface area contributed by atoms with Gasteiger partial charge in [0.05, 0.1) is 11.9 Å².